The van der Waals surface area contributed by atoms with Gasteiger partial charge in [-0.2, -0.15) is 0 Å². The van der Waals surface area contributed by atoms with Crippen LogP contribution in [0.15, 0.2) is 47.5 Å². The van der Waals surface area contributed by atoms with Crippen molar-refractivity contribution in [1.29, 1.82) is 0 Å². The van der Waals surface area contributed by atoms with Gasteiger partial charge < -0.3 is 4.90 Å². The molecule has 130 valence electrons. The van der Waals surface area contributed by atoms with Crippen LogP contribution in [0.5, 0.6) is 0 Å². The number of benzodiazepines with no additional fused rings is 1. The highest BCUT2D eigenvalue weighted by Crippen LogP contribution is 2.28. The van der Waals surface area contributed by atoms with E-state index in [0.29, 0.717) is 10.0 Å². The lowest BCUT2D eigenvalue weighted by atomic mass is 10.0. The molecule has 0 radical (unpaired) electrons. The number of allylic oxidation sites excluding steroid dienone is 1. The monoisotopic (exact) mass is 375 g/mol. The highest BCUT2D eigenvalue weighted by Gasteiger charge is 2.15. The van der Waals surface area contributed by atoms with Gasteiger partial charge in [-0.1, -0.05) is 35.3 Å². The van der Waals surface area contributed by atoms with Crippen molar-refractivity contribution in [1.82, 2.24) is 0 Å². The minimum absolute atomic E-state index is 0.544. The predicted molar refractivity (Wildman–Crippen MR) is 107 cm³/mol. The van der Waals surface area contributed by atoms with E-state index in [1.165, 1.54) is 0 Å². The summed E-state index contributed by atoms with van der Waals surface area (Å²) in [4.78, 5) is 11.9. The Bertz CT molecular complexity index is 833. The first-order chi connectivity index (χ1) is 12.1. The highest BCUT2D eigenvalue weighted by atomic mass is 35.5. The minimum atomic E-state index is 0.544. The van der Waals surface area contributed by atoms with Gasteiger partial charge >= 0.3 is 0 Å². The van der Waals surface area contributed by atoms with Gasteiger partial charge in [0.2, 0.25) is 0 Å². The lowest BCUT2D eigenvalue weighted by Crippen LogP contribution is -2.20. The lowest BCUT2D eigenvalue weighted by Gasteiger charge is -2.20. The van der Waals surface area contributed by atoms with Crippen LogP contribution in [0.1, 0.15) is 11.1 Å². The van der Waals surface area contributed by atoms with Gasteiger partial charge in [-0.3, -0.25) is 15.3 Å². The van der Waals surface area contributed by atoms with E-state index in [4.69, 9.17) is 33.0 Å². The third-order valence-electron chi connectivity index (χ3n) is 4.00. The molecule has 0 bridgehead atoms. The van der Waals surface area contributed by atoms with E-state index < -0.39 is 0 Å². The number of hydrogen-bond acceptors (Lipinski definition) is 4. The molecule has 25 heavy (non-hydrogen) atoms. The fourth-order valence-corrected chi connectivity index (χ4v) is 3.01. The van der Waals surface area contributed by atoms with Gasteiger partial charge in [0, 0.05) is 24.8 Å². The summed E-state index contributed by atoms with van der Waals surface area (Å²) in [6.07, 6.45) is 4.01. The first kappa shape index (κ1) is 17.8. The van der Waals surface area contributed by atoms with E-state index in [1.54, 1.807) is 13.2 Å². The molecule has 0 atom stereocenters. The smallest absolute Gasteiger partial charge is 0.0668 e. The Labute approximate surface area is 157 Å². The molecule has 0 saturated carbocycles. The molecule has 0 saturated heterocycles. The Morgan fingerprint density at radius 1 is 1.12 bits per heavy atom. The minimum Gasteiger partial charge on any atom is -0.372 e. The van der Waals surface area contributed by atoms with Gasteiger partial charge in [-0.25, -0.2) is 0 Å². The van der Waals surface area contributed by atoms with E-state index in [2.05, 4.69) is 29.6 Å². The second-order valence-electron chi connectivity index (χ2n) is 5.73. The molecule has 0 aliphatic carbocycles. The number of nitrogens with zero attached hydrogens (tertiary/aromatic N) is 2. The van der Waals surface area contributed by atoms with Crippen molar-refractivity contribution in [3.05, 3.63) is 63.6 Å². The SMILES string of the molecule is CONc1ccc2c(c1)N(C)CCN=C2/C=C/c1ccc(Cl)c(Cl)c1. The summed E-state index contributed by atoms with van der Waals surface area (Å²) < 4.78 is 0. The summed E-state index contributed by atoms with van der Waals surface area (Å²) in [5.41, 5.74) is 7.89. The molecule has 0 spiro atoms. The van der Waals surface area contributed by atoms with Crippen LogP contribution in [0, 0.1) is 0 Å². The average molecular weight is 376 g/mol. The summed E-state index contributed by atoms with van der Waals surface area (Å²) in [7, 11) is 3.67. The fourth-order valence-electron chi connectivity index (χ4n) is 2.71. The van der Waals surface area contributed by atoms with Crippen molar-refractivity contribution < 1.29 is 4.84 Å². The molecule has 1 aliphatic rings. The van der Waals surface area contributed by atoms with Gasteiger partial charge in [0.1, 0.15) is 0 Å². The molecular formula is C19H19Cl2N3O. The van der Waals surface area contributed by atoms with Crippen LogP contribution in [-0.4, -0.2) is 33.0 Å². The Balaban J connectivity index is 1.94. The average Bonchev–Trinajstić information content (AvgIpc) is 2.75. The number of nitrogens with one attached hydrogen (secondary N) is 1. The van der Waals surface area contributed by atoms with Crippen LogP contribution in [0.4, 0.5) is 11.4 Å². The zero-order chi connectivity index (χ0) is 17.8. The zero-order valence-electron chi connectivity index (χ0n) is 14.1. The summed E-state index contributed by atoms with van der Waals surface area (Å²) in [5, 5.41) is 1.10. The maximum atomic E-state index is 6.09. The van der Waals surface area contributed by atoms with Crippen molar-refractivity contribution in [3.8, 4) is 0 Å². The van der Waals surface area contributed by atoms with Crippen LogP contribution < -0.4 is 10.4 Å². The summed E-state index contributed by atoms with van der Waals surface area (Å²) in [5.74, 6) is 0. The molecule has 0 amide bonds. The molecule has 1 aliphatic heterocycles. The Kier molecular flexibility index (Phi) is 5.63. The largest absolute Gasteiger partial charge is 0.372 e. The van der Waals surface area contributed by atoms with Crippen molar-refractivity contribution in [2.45, 2.75) is 0 Å². The topological polar surface area (TPSA) is 36.9 Å². The number of fused-ring (bicyclic) bond motifs is 1. The zero-order valence-corrected chi connectivity index (χ0v) is 15.6. The molecule has 6 heteroatoms. The normalized spacial score (nSPS) is 14.2. The number of aliphatic imine (C=N–C) groups is 1. The Morgan fingerprint density at radius 3 is 2.72 bits per heavy atom. The second kappa shape index (κ2) is 7.91. The van der Waals surface area contributed by atoms with E-state index >= 15 is 0 Å². The van der Waals surface area contributed by atoms with Crippen molar-refractivity contribution in [3.63, 3.8) is 0 Å². The summed E-state index contributed by atoms with van der Waals surface area (Å²) in [6.45, 7) is 1.59. The van der Waals surface area contributed by atoms with Crippen molar-refractivity contribution >= 4 is 46.4 Å². The van der Waals surface area contributed by atoms with Crippen LogP contribution >= 0.6 is 23.2 Å². The number of halogens is 2. The van der Waals surface area contributed by atoms with Gasteiger partial charge in [-0.05, 0) is 42.0 Å². The van der Waals surface area contributed by atoms with Gasteiger partial charge in [0.15, 0.2) is 0 Å². The maximum absolute atomic E-state index is 6.09. The first-order valence-electron chi connectivity index (χ1n) is 7.90. The summed E-state index contributed by atoms with van der Waals surface area (Å²) >= 11 is 12.1. The molecule has 2 aromatic rings. The molecule has 1 heterocycles. The first-order valence-corrected chi connectivity index (χ1v) is 8.66. The molecule has 0 fully saturated rings. The molecule has 0 unspecified atom stereocenters. The molecule has 0 aromatic heterocycles. The molecule has 4 nitrogen and oxygen atoms in total. The fraction of sp³-hybridized carbons (Fsp3) is 0.211. The Hall–Kier alpha value is -2.01. The molecule has 1 N–H and O–H groups in total. The van der Waals surface area contributed by atoms with Crippen molar-refractivity contribution in [2.75, 3.05) is 37.6 Å². The highest BCUT2D eigenvalue weighted by molar-refractivity contribution is 6.42. The number of anilines is 2. The van der Waals surface area contributed by atoms with Crippen LogP contribution in [0.25, 0.3) is 6.08 Å². The van der Waals surface area contributed by atoms with E-state index in [-0.39, 0.29) is 0 Å². The summed E-state index contributed by atoms with van der Waals surface area (Å²) in [6, 6.07) is 11.7. The number of benzene rings is 2. The number of hydrogen-bond donors (Lipinski definition) is 1. The third kappa shape index (κ3) is 4.15. The van der Waals surface area contributed by atoms with Crippen LogP contribution in [-0.2, 0) is 4.84 Å². The van der Waals surface area contributed by atoms with E-state index in [1.807, 2.05) is 30.4 Å². The number of rotatable bonds is 4. The van der Waals surface area contributed by atoms with Crippen LogP contribution in [0.2, 0.25) is 10.0 Å². The molecule has 2 aromatic carbocycles. The van der Waals surface area contributed by atoms with Gasteiger partial charge in [-0.15, -0.1) is 0 Å². The molecule has 3 rings (SSSR count). The van der Waals surface area contributed by atoms with E-state index in [0.717, 1.165) is 41.3 Å². The third-order valence-corrected chi connectivity index (χ3v) is 4.74. The van der Waals surface area contributed by atoms with Gasteiger partial charge in [0.05, 0.1) is 35.1 Å². The molecular weight excluding hydrogens is 357 g/mol. The second-order valence-corrected chi connectivity index (χ2v) is 6.55. The lowest BCUT2D eigenvalue weighted by molar-refractivity contribution is 0.271. The van der Waals surface area contributed by atoms with E-state index in [9.17, 15) is 0 Å². The van der Waals surface area contributed by atoms with Crippen LogP contribution in [0.3, 0.4) is 0 Å². The van der Waals surface area contributed by atoms with Crippen molar-refractivity contribution in [2.24, 2.45) is 4.99 Å². The van der Waals surface area contributed by atoms with Gasteiger partial charge in [0.25, 0.3) is 0 Å². The number of likely N-dealkylation sites (N-methyl/N-ethyl adjacent to an activating group) is 1. The standard InChI is InChI=1S/C19H19Cl2N3O/c1-24-10-9-22-18(8-4-13-3-7-16(20)17(21)11-13)15-6-5-14(23-25-2)12-19(15)24/h3-8,11-12,23H,9-10H2,1-2H3/b8-4+. The maximum Gasteiger partial charge on any atom is 0.0668 e. The quantitative estimate of drug-likeness (QED) is 0.770. The Morgan fingerprint density at radius 2 is 1.96 bits per heavy atom. The predicted octanol–water partition coefficient (Wildman–Crippen LogP) is 4.92.